The first-order chi connectivity index (χ1) is 14.4. The highest BCUT2D eigenvalue weighted by Gasteiger charge is 2.33. The van der Waals surface area contributed by atoms with Crippen LogP contribution in [0.3, 0.4) is 0 Å². The average molecular weight is 445 g/mol. The van der Waals surface area contributed by atoms with Gasteiger partial charge in [0.05, 0.1) is 25.8 Å². The van der Waals surface area contributed by atoms with Crippen LogP contribution in [0.4, 0.5) is 17.6 Å². The zero-order valence-electron chi connectivity index (χ0n) is 16.4. The molecule has 1 saturated heterocycles. The van der Waals surface area contributed by atoms with Crippen LogP contribution < -0.4 is 10.6 Å². The number of morpholine rings is 1. The Labute approximate surface area is 176 Å². The zero-order chi connectivity index (χ0) is 21.6. The molecule has 1 fully saturated rings. The number of hydrogen-bond acceptors (Lipinski definition) is 5. The van der Waals surface area contributed by atoms with E-state index < -0.39 is 11.9 Å². The van der Waals surface area contributed by atoms with Gasteiger partial charge in [-0.3, -0.25) is 9.89 Å². The number of hydrogen-bond donors (Lipinski definition) is 2. The molecule has 2 heterocycles. The molecule has 164 valence electrons. The number of ether oxygens (including phenoxy) is 1. The third-order valence-electron chi connectivity index (χ3n) is 4.66. The van der Waals surface area contributed by atoms with Crippen molar-refractivity contribution in [2.75, 3.05) is 39.9 Å². The van der Waals surface area contributed by atoms with Gasteiger partial charge in [0.25, 0.3) is 0 Å². The molecule has 1 aromatic carbocycles. The van der Waals surface area contributed by atoms with Gasteiger partial charge in [-0.05, 0) is 17.7 Å². The number of nitrogens with zero attached hydrogens (tertiary/aromatic N) is 3. The Morgan fingerprint density at radius 1 is 1.30 bits per heavy atom. The number of nitrogens with one attached hydrogen (secondary N) is 2. The summed E-state index contributed by atoms with van der Waals surface area (Å²) in [5.74, 6) is 0.117. The van der Waals surface area contributed by atoms with Crippen LogP contribution in [-0.4, -0.2) is 55.7 Å². The Morgan fingerprint density at radius 2 is 2.07 bits per heavy atom. The minimum Gasteiger partial charge on any atom is -0.379 e. The van der Waals surface area contributed by atoms with Gasteiger partial charge < -0.3 is 15.4 Å². The van der Waals surface area contributed by atoms with Crippen molar-refractivity contribution in [2.24, 2.45) is 4.99 Å². The highest BCUT2D eigenvalue weighted by atomic mass is 32.1. The summed E-state index contributed by atoms with van der Waals surface area (Å²) in [4.78, 5) is 9.92. The number of thiazole rings is 1. The highest BCUT2D eigenvalue weighted by molar-refractivity contribution is 7.09. The van der Waals surface area contributed by atoms with E-state index >= 15 is 0 Å². The summed E-state index contributed by atoms with van der Waals surface area (Å²) in [6.07, 6.45) is -4.45. The van der Waals surface area contributed by atoms with Crippen LogP contribution in [0, 0.1) is 5.82 Å². The molecule has 0 bridgehead atoms. The van der Waals surface area contributed by atoms with Gasteiger partial charge in [-0.25, -0.2) is 9.37 Å². The van der Waals surface area contributed by atoms with Crippen LogP contribution in [0.25, 0.3) is 0 Å². The number of halogens is 4. The smallest absolute Gasteiger partial charge is 0.379 e. The SMILES string of the molecule is CN=C(NCc1nc(C(F)(F)F)cs1)NCC(c1cccc(F)c1)N1CCOCC1. The monoisotopic (exact) mass is 445 g/mol. The van der Waals surface area contributed by atoms with E-state index in [1.54, 1.807) is 13.1 Å². The molecule has 1 unspecified atom stereocenters. The lowest BCUT2D eigenvalue weighted by Gasteiger charge is -2.35. The minimum atomic E-state index is -4.45. The third kappa shape index (κ3) is 6.13. The average Bonchev–Trinajstić information content (AvgIpc) is 3.21. The fourth-order valence-corrected chi connectivity index (χ4v) is 3.90. The first-order valence-electron chi connectivity index (χ1n) is 9.40. The standard InChI is InChI=1S/C19H23F4N5OS/c1-24-18(26-11-17-27-16(12-30-17)19(21,22)23)25-10-15(28-5-7-29-8-6-28)13-3-2-4-14(20)9-13/h2-4,9,12,15H,5-8,10-11H2,1H3,(H2,24,25,26). The lowest BCUT2D eigenvalue weighted by atomic mass is 10.0. The summed E-state index contributed by atoms with van der Waals surface area (Å²) in [7, 11) is 1.57. The fraction of sp³-hybridized carbons (Fsp3) is 0.474. The van der Waals surface area contributed by atoms with Gasteiger partial charge >= 0.3 is 6.18 Å². The number of aromatic nitrogens is 1. The molecule has 1 aliphatic heterocycles. The van der Waals surface area contributed by atoms with Crippen molar-refractivity contribution >= 4 is 17.3 Å². The van der Waals surface area contributed by atoms with Crippen molar-refractivity contribution in [2.45, 2.75) is 18.8 Å². The van der Waals surface area contributed by atoms with E-state index in [0.29, 0.717) is 43.8 Å². The maximum absolute atomic E-state index is 13.8. The van der Waals surface area contributed by atoms with Crippen LogP contribution in [0.2, 0.25) is 0 Å². The molecule has 1 aromatic heterocycles. The Hall–Kier alpha value is -2.24. The quantitative estimate of drug-likeness (QED) is 0.407. The van der Waals surface area contributed by atoms with Crippen LogP contribution in [-0.2, 0) is 17.5 Å². The predicted octanol–water partition coefficient (Wildman–Crippen LogP) is 3.04. The number of rotatable bonds is 6. The first-order valence-corrected chi connectivity index (χ1v) is 10.3. The van der Waals surface area contributed by atoms with E-state index in [1.165, 1.54) is 12.1 Å². The van der Waals surface area contributed by atoms with E-state index in [-0.39, 0.29) is 18.4 Å². The van der Waals surface area contributed by atoms with Gasteiger partial charge in [0, 0.05) is 32.1 Å². The van der Waals surface area contributed by atoms with E-state index in [1.807, 2.05) is 6.07 Å². The van der Waals surface area contributed by atoms with Crippen LogP contribution in [0.1, 0.15) is 22.3 Å². The molecule has 3 rings (SSSR count). The van der Waals surface area contributed by atoms with Crippen LogP contribution >= 0.6 is 11.3 Å². The summed E-state index contributed by atoms with van der Waals surface area (Å²) < 4.78 is 57.2. The maximum Gasteiger partial charge on any atom is 0.434 e. The molecular weight excluding hydrogens is 422 g/mol. The van der Waals surface area contributed by atoms with Crippen molar-refractivity contribution in [3.05, 3.63) is 51.7 Å². The Morgan fingerprint density at radius 3 is 2.70 bits per heavy atom. The second-order valence-electron chi connectivity index (χ2n) is 6.65. The van der Waals surface area contributed by atoms with E-state index in [0.717, 1.165) is 22.3 Å². The minimum absolute atomic E-state index is 0.111. The molecule has 1 atom stereocenters. The van der Waals surface area contributed by atoms with Crippen molar-refractivity contribution in [3.63, 3.8) is 0 Å². The van der Waals surface area contributed by atoms with Gasteiger partial charge in [-0.2, -0.15) is 13.2 Å². The fourth-order valence-electron chi connectivity index (χ4n) is 3.16. The van der Waals surface area contributed by atoms with Crippen molar-refractivity contribution in [1.82, 2.24) is 20.5 Å². The van der Waals surface area contributed by atoms with E-state index in [9.17, 15) is 17.6 Å². The number of alkyl halides is 3. The van der Waals surface area contributed by atoms with Crippen LogP contribution in [0.5, 0.6) is 0 Å². The normalized spacial score (nSPS) is 17.0. The Bertz CT molecular complexity index is 851. The van der Waals surface area contributed by atoms with Gasteiger partial charge in [0.15, 0.2) is 11.7 Å². The molecule has 0 saturated carbocycles. The molecule has 0 radical (unpaired) electrons. The van der Waals surface area contributed by atoms with Gasteiger partial charge in [-0.15, -0.1) is 11.3 Å². The highest BCUT2D eigenvalue weighted by Crippen LogP contribution is 2.30. The van der Waals surface area contributed by atoms with Crippen molar-refractivity contribution in [3.8, 4) is 0 Å². The lowest BCUT2D eigenvalue weighted by molar-refractivity contribution is -0.140. The molecule has 0 amide bonds. The molecular formula is C19H23F4N5OS. The summed E-state index contributed by atoms with van der Waals surface area (Å²) in [5, 5.41) is 7.45. The number of benzene rings is 1. The second kappa shape index (κ2) is 10.2. The molecule has 2 aromatic rings. The van der Waals surface area contributed by atoms with E-state index in [4.69, 9.17) is 4.74 Å². The largest absolute Gasteiger partial charge is 0.434 e. The predicted molar refractivity (Wildman–Crippen MR) is 107 cm³/mol. The molecule has 0 aliphatic carbocycles. The molecule has 0 spiro atoms. The summed E-state index contributed by atoms with van der Waals surface area (Å²) in [6.45, 7) is 3.19. The Balaban J connectivity index is 1.62. The second-order valence-corrected chi connectivity index (χ2v) is 7.59. The summed E-state index contributed by atoms with van der Waals surface area (Å²) in [6, 6.07) is 6.34. The van der Waals surface area contributed by atoms with Gasteiger partial charge in [0.1, 0.15) is 10.8 Å². The zero-order valence-corrected chi connectivity index (χ0v) is 17.2. The summed E-state index contributed by atoms with van der Waals surface area (Å²) >= 11 is 0.934. The molecule has 1 aliphatic rings. The molecule has 6 nitrogen and oxygen atoms in total. The van der Waals surface area contributed by atoms with Crippen molar-refractivity contribution in [1.29, 1.82) is 0 Å². The molecule has 11 heteroatoms. The Kier molecular flexibility index (Phi) is 7.62. The number of aliphatic imine (C=N–C) groups is 1. The van der Waals surface area contributed by atoms with Crippen LogP contribution in [0.15, 0.2) is 34.6 Å². The topological polar surface area (TPSA) is 61.8 Å². The van der Waals surface area contributed by atoms with Gasteiger partial charge in [0.2, 0.25) is 0 Å². The molecule has 2 N–H and O–H groups in total. The molecule has 30 heavy (non-hydrogen) atoms. The third-order valence-corrected chi connectivity index (χ3v) is 5.50. The first kappa shape index (κ1) is 22.4. The number of guanidine groups is 1. The maximum atomic E-state index is 13.8. The summed E-state index contributed by atoms with van der Waals surface area (Å²) in [5.41, 5.74) is -0.0691. The van der Waals surface area contributed by atoms with E-state index in [2.05, 4.69) is 25.5 Å². The lowest BCUT2D eigenvalue weighted by Crippen LogP contribution is -2.46. The van der Waals surface area contributed by atoms with Crippen molar-refractivity contribution < 1.29 is 22.3 Å². The van der Waals surface area contributed by atoms with Gasteiger partial charge in [-0.1, -0.05) is 12.1 Å².